The van der Waals surface area contributed by atoms with E-state index in [1.165, 1.54) is 64.2 Å². The van der Waals surface area contributed by atoms with Crippen molar-refractivity contribution in [2.75, 3.05) is 6.54 Å². The molecule has 0 unspecified atom stereocenters. The average molecular weight is 483 g/mol. The van der Waals surface area contributed by atoms with Crippen LogP contribution in [0.3, 0.4) is 0 Å². The summed E-state index contributed by atoms with van der Waals surface area (Å²) in [6.07, 6.45) is 20.1. The Hall–Kier alpha value is -1.43. The minimum absolute atomic E-state index is 0.106. The summed E-state index contributed by atoms with van der Waals surface area (Å²) in [5.41, 5.74) is 3.74. The third kappa shape index (κ3) is 15.5. The molecule has 0 aliphatic rings. The Bertz CT molecular complexity index is 538. The van der Waals surface area contributed by atoms with Crippen molar-refractivity contribution in [2.45, 2.75) is 154 Å². The fourth-order valence-electron chi connectivity index (χ4n) is 4.44. The Morgan fingerprint density at radius 1 is 0.647 bits per heavy atom. The van der Waals surface area contributed by atoms with Crippen LogP contribution in [0.25, 0.3) is 0 Å². The first-order valence-corrected chi connectivity index (χ1v) is 14.2. The number of hydrogen-bond acceptors (Lipinski definition) is 4. The van der Waals surface area contributed by atoms with Gasteiger partial charge < -0.3 is 16.2 Å². The molecule has 0 aliphatic heterocycles. The van der Waals surface area contributed by atoms with Gasteiger partial charge in [-0.05, 0) is 38.6 Å². The highest BCUT2D eigenvalue weighted by Gasteiger charge is 2.45. The van der Waals surface area contributed by atoms with Gasteiger partial charge in [0.15, 0.2) is 11.3 Å². The highest BCUT2D eigenvalue weighted by atomic mass is 16.4. The molecule has 6 heteroatoms. The number of aliphatic carboxylic acids is 1. The third-order valence-corrected chi connectivity index (χ3v) is 6.71. The molecule has 0 aromatic rings. The molecule has 1 atom stereocenters. The normalized spacial score (nSPS) is 12.9. The van der Waals surface area contributed by atoms with Crippen LogP contribution >= 0.6 is 0 Å². The molecule has 200 valence electrons. The van der Waals surface area contributed by atoms with Crippen LogP contribution in [0.4, 0.5) is 0 Å². The van der Waals surface area contributed by atoms with Gasteiger partial charge in [-0.25, -0.2) is 4.79 Å². The number of carbonyl (C=O) groups excluding carboxylic acids is 2. The smallest absolute Gasteiger partial charge is 0.337 e. The van der Waals surface area contributed by atoms with E-state index in [0.717, 1.165) is 32.1 Å². The minimum Gasteiger partial charge on any atom is -0.479 e. The number of carboxylic acids is 1. The molecular weight excluding hydrogens is 428 g/mol. The number of carboxylic acid groups (broad SMARTS) is 1. The van der Waals surface area contributed by atoms with Gasteiger partial charge in [0.25, 0.3) is 0 Å². The summed E-state index contributed by atoms with van der Waals surface area (Å²) in [7, 11) is 0. The molecule has 34 heavy (non-hydrogen) atoms. The van der Waals surface area contributed by atoms with Crippen LogP contribution < -0.4 is 11.1 Å². The van der Waals surface area contributed by atoms with Crippen LogP contribution in [0.15, 0.2) is 0 Å². The maximum absolute atomic E-state index is 12.9. The van der Waals surface area contributed by atoms with E-state index in [9.17, 15) is 19.5 Å². The molecule has 0 fully saturated rings. The van der Waals surface area contributed by atoms with E-state index in [1.54, 1.807) is 0 Å². The van der Waals surface area contributed by atoms with Gasteiger partial charge in [0.1, 0.15) is 0 Å². The van der Waals surface area contributed by atoms with Crippen molar-refractivity contribution in [2.24, 2.45) is 5.73 Å². The lowest BCUT2D eigenvalue weighted by Gasteiger charge is -2.29. The fraction of sp³-hybridized carbons (Fsp3) is 0.893. The second kappa shape index (κ2) is 22.1. The first-order valence-electron chi connectivity index (χ1n) is 14.2. The van der Waals surface area contributed by atoms with Crippen LogP contribution in [0.5, 0.6) is 0 Å². The van der Waals surface area contributed by atoms with Crippen molar-refractivity contribution in [3.8, 4) is 0 Å². The van der Waals surface area contributed by atoms with Crippen LogP contribution in [-0.4, -0.2) is 34.8 Å². The predicted octanol–water partition coefficient (Wildman–Crippen LogP) is 6.69. The van der Waals surface area contributed by atoms with E-state index in [-0.39, 0.29) is 31.0 Å². The van der Waals surface area contributed by atoms with Crippen molar-refractivity contribution < 1.29 is 19.5 Å². The number of carbonyl (C=O) groups is 3. The molecule has 0 aromatic carbocycles. The van der Waals surface area contributed by atoms with E-state index in [0.29, 0.717) is 25.8 Å². The quantitative estimate of drug-likeness (QED) is 0.0992. The number of amides is 1. The fourth-order valence-corrected chi connectivity index (χ4v) is 4.44. The maximum atomic E-state index is 12.9. The first-order chi connectivity index (χ1) is 16.4. The summed E-state index contributed by atoms with van der Waals surface area (Å²) in [6.45, 7) is 4.72. The zero-order valence-corrected chi connectivity index (χ0v) is 22.3. The molecule has 0 aliphatic carbocycles. The molecule has 6 nitrogen and oxygen atoms in total. The van der Waals surface area contributed by atoms with Gasteiger partial charge in [-0.1, -0.05) is 104 Å². The van der Waals surface area contributed by atoms with Gasteiger partial charge in [-0.15, -0.1) is 0 Å². The second-order valence-electron chi connectivity index (χ2n) is 9.88. The van der Waals surface area contributed by atoms with E-state index in [1.807, 2.05) is 6.92 Å². The summed E-state index contributed by atoms with van der Waals surface area (Å²) >= 11 is 0. The summed E-state index contributed by atoms with van der Waals surface area (Å²) in [4.78, 5) is 37.6. The van der Waals surface area contributed by atoms with Crippen LogP contribution in [0, 0.1) is 0 Å². The molecule has 0 saturated heterocycles. The Morgan fingerprint density at radius 3 is 1.56 bits per heavy atom. The second-order valence-corrected chi connectivity index (χ2v) is 9.88. The number of ketones is 1. The zero-order valence-electron chi connectivity index (χ0n) is 22.3. The average Bonchev–Trinajstić information content (AvgIpc) is 2.81. The largest absolute Gasteiger partial charge is 0.479 e. The molecule has 0 bridgehead atoms. The number of nitrogens with two attached hydrogens (primary N) is 1. The maximum Gasteiger partial charge on any atom is 0.337 e. The predicted molar refractivity (Wildman–Crippen MR) is 141 cm³/mol. The van der Waals surface area contributed by atoms with Crippen molar-refractivity contribution in [1.29, 1.82) is 0 Å². The first kappa shape index (κ1) is 32.6. The van der Waals surface area contributed by atoms with Crippen LogP contribution in [-0.2, 0) is 14.4 Å². The highest BCUT2D eigenvalue weighted by molar-refractivity contribution is 6.10. The van der Waals surface area contributed by atoms with Crippen LogP contribution in [0.2, 0.25) is 0 Å². The lowest BCUT2D eigenvalue weighted by molar-refractivity contribution is -0.153. The molecule has 4 N–H and O–H groups in total. The molecule has 0 spiro atoms. The molecule has 0 saturated carbocycles. The lowest BCUT2D eigenvalue weighted by Crippen LogP contribution is -2.60. The minimum atomic E-state index is -1.81. The number of rotatable bonds is 25. The van der Waals surface area contributed by atoms with Gasteiger partial charge in [0.2, 0.25) is 5.91 Å². The molecule has 0 aromatic heterocycles. The Balaban J connectivity index is 4.29. The molecule has 0 radical (unpaired) electrons. The monoisotopic (exact) mass is 482 g/mol. The molecule has 0 heterocycles. The van der Waals surface area contributed by atoms with E-state index < -0.39 is 11.5 Å². The van der Waals surface area contributed by atoms with Crippen molar-refractivity contribution in [3.05, 3.63) is 0 Å². The van der Waals surface area contributed by atoms with Gasteiger partial charge in [0, 0.05) is 12.8 Å². The molecule has 0 rings (SSSR count). The SMILES string of the molecule is CCCCCCCCCCCCCCCC(=O)N[C@@](CCCCN)(C(=O)O)C(=O)CCCCC. The van der Waals surface area contributed by atoms with Crippen molar-refractivity contribution in [1.82, 2.24) is 5.32 Å². The van der Waals surface area contributed by atoms with Gasteiger partial charge in [0.05, 0.1) is 0 Å². The highest BCUT2D eigenvalue weighted by Crippen LogP contribution is 2.21. The summed E-state index contributed by atoms with van der Waals surface area (Å²) in [5.74, 6) is -1.96. The van der Waals surface area contributed by atoms with Crippen molar-refractivity contribution in [3.63, 3.8) is 0 Å². The number of nitrogens with one attached hydrogen (secondary N) is 1. The van der Waals surface area contributed by atoms with Gasteiger partial charge >= 0.3 is 5.97 Å². The zero-order chi connectivity index (χ0) is 25.5. The number of unbranched alkanes of at least 4 members (excludes halogenated alkanes) is 15. The van der Waals surface area contributed by atoms with E-state index in [4.69, 9.17) is 5.73 Å². The van der Waals surface area contributed by atoms with Gasteiger partial charge in [-0.3, -0.25) is 9.59 Å². The third-order valence-electron chi connectivity index (χ3n) is 6.71. The number of hydrogen-bond donors (Lipinski definition) is 3. The topological polar surface area (TPSA) is 109 Å². The van der Waals surface area contributed by atoms with Crippen LogP contribution in [0.1, 0.15) is 149 Å². The Kier molecular flexibility index (Phi) is 21.1. The van der Waals surface area contributed by atoms with Gasteiger partial charge in [-0.2, -0.15) is 0 Å². The summed E-state index contributed by atoms with van der Waals surface area (Å²) in [6, 6.07) is 0. The standard InChI is InChI=1S/C28H54N2O4/c1-3-5-7-8-9-10-11-12-13-14-15-16-18-22-26(32)30-28(27(33)34,23-19-20-24-29)25(31)21-17-6-4-2/h3-24,29H2,1-2H3,(H,30,32)(H,33,34)/t28-/m1/s1. The molecular formula is C28H54N2O4. The molecule has 1 amide bonds. The van der Waals surface area contributed by atoms with E-state index in [2.05, 4.69) is 12.2 Å². The Morgan fingerprint density at radius 2 is 1.09 bits per heavy atom. The van der Waals surface area contributed by atoms with Crippen molar-refractivity contribution >= 4 is 17.7 Å². The number of Topliss-reactive ketones (excluding diaryl/α,β-unsaturated/α-hetero) is 1. The Labute approximate surface area is 209 Å². The lowest BCUT2D eigenvalue weighted by atomic mass is 9.85. The summed E-state index contributed by atoms with van der Waals surface area (Å²) in [5, 5.41) is 12.5. The summed E-state index contributed by atoms with van der Waals surface area (Å²) < 4.78 is 0. The van der Waals surface area contributed by atoms with E-state index >= 15 is 0 Å².